The molecule has 1 aliphatic rings. The van der Waals surface area contributed by atoms with E-state index < -0.39 is 10.8 Å². The van der Waals surface area contributed by atoms with Crippen molar-refractivity contribution in [1.82, 2.24) is 0 Å². The van der Waals surface area contributed by atoms with Crippen LogP contribution in [-0.4, -0.2) is 23.0 Å². The highest BCUT2D eigenvalue weighted by molar-refractivity contribution is 6.36. The van der Waals surface area contributed by atoms with E-state index in [0.29, 0.717) is 16.3 Å². The average molecular weight is 347 g/mol. The minimum atomic E-state index is -0.638. The Labute approximate surface area is 141 Å². The molecule has 2 aromatic rings. The van der Waals surface area contributed by atoms with E-state index >= 15 is 0 Å². The summed E-state index contributed by atoms with van der Waals surface area (Å²) >= 11 is 5.90. The molecule has 2 aromatic carbocycles. The molecule has 1 amide bonds. The molecular formula is C16H11ClN2O5. The predicted molar refractivity (Wildman–Crippen MR) is 89.3 cm³/mol. The van der Waals surface area contributed by atoms with Crippen LogP contribution in [0.4, 0.5) is 11.4 Å². The fourth-order valence-corrected chi connectivity index (χ4v) is 2.65. The number of phenolic OH excluding ortho intramolecular Hbond substituents is 1. The highest BCUT2D eigenvalue weighted by Gasteiger charge is 2.26. The standard InChI is InChI=1S/C16H11ClN2O5/c1-24-15-5-8(13(19(22)23)7-14(15)20)4-11-10-3-2-9(17)6-12(10)18-16(11)21/h2-7,20H,1H3,(H,18,21). The molecule has 0 aromatic heterocycles. The van der Waals surface area contributed by atoms with Gasteiger partial charge in [0.05, 0.1) is 29.4 Å². The average Bonchev–Trinajstić information content (AvgIpc) is 2.83. The number of nitrogens with one attached hydrogen (secondary N) is 1. The molecule has 8 heteroatoms. The van der Waals surface area contributed by atoms with Crippen LogP contribution in [0.15, 0.2) is 30.3 Å². The van der Waals surface area contributed by atoms with Crippen molar-refractivity contribution in [2.75, 3.05) is 12.4 Å². The zero-order valence-corrected chi connectivity index (χ0v) is 13.1. The van der Waals surface area contributed by atoms with E-state index in [4.69, 9.17) is 16.3 Å². The Bertz CT molecular complexity index is 908. The Morgan fingerprint density at radius 2 is 2.08 bits per heavy atom. The van der Waals surface area contributed by atoms with Crippen molar-refractivity contribution in [2.45, 2.75) is 0 Å². The van der Waals surface area contributed by atoms with E-state index in [9.17, 15) is 20.0 Å². The van der Waals surface area contributed by atoms with Gasteiger partial charge in [0.25, 0.3) is 11.6 Å². The van der Waals surface area contributed by atoms with Gasteiger partial charge in [0, 0.05) is 16.2 Å². The number of halogens is 1. The Hall–Kier alpha value is -3.06. The van der Waals surface area contributed by atoms with E-state index in [1.807, 2.05) is 0 Å². The summed E-state index contributed by atoms with van der Waals surface area (Å²) in [5, 5.41) is 24.1. The van der Waals surface area contributed by atoms with E-state index in [0.717, 1.165) is 6.07 Å². The van der Waals surface area contributed by atoms with Gasteiger partial charge in [0.1, 0.15) is 0 Å². The van der Waals surface area contributed by atoms with Crippen LogP contribution in [0.3, 0.4) is 0 Å². The van der Waals surface area contributed by atoms with Gasteiger partial charge in [0.2, 0.25) is 0 Å². The second-order valence-corrected chi connectivity index (χ2v) is 5.48. The predicted octanol–water partition coefficient (Wildman–Crippen LogP) is 3.46. The van der Waals surface area contributed by atoms with Crippen molar-refractivity contribution in [1.29, 1.82) is 0 Å². The third kappa shape index (κ3) is 2.65. The molecule has 0 atom stereocenters. The quantitative estimate of drug-likeness (QED) is 0.503. The number of phenols is 1. The third-order valence-corrected chi connectivity index (χ3v) is 3.82. The number of anilines is 1. The first-order valence-electron chi connectivity index (χ1n) is 6.79. The van der Waals surface area contributed by atoms with E-state index in [1.165, 1.54) is 19.3 Å². The van der Waals surface area contributed by atoms with Crippen molar-refractivity contribution in [3.05, 3.63) is 56.6 Å². The lowest BCUT2D eigenvalue weighted by Gasteiger charge is -2.06. The summed E-state index contributed by atoms with van der Waals surface area (Å²) in [4.78, 5) is 22.8. The molecule has 0 unspecified atom stereocenters. The molecule has 0 spiro atoms. The van der Waals surface area contributed by atoms with Crippen molar-refractivity contribution >= 4 is 40.5 Å². The first kappa shape index (κ1) is 15.8. The first-order chi connectivity index (χ1) is 11.4. The molecule has 0 saturated heterocycles. The molecule has 24 heavy (non-hydrogen) atoms. The maximum Gasteiger partial charge on any atom is 0.280 e. The SMILES string of the molecule is COc1cc(C=C2C(=O)Nc3cc(Cl)ccc32)c([N+](=O)[O-])cc1O. The van der Waals surface area contributed by atoms with Gasteiger partial charge in [0.15, 0.2) is 11.5 Å². The van der Waals surface area contributed by atoms with Crippen LogP contribution in [0.2, 0.25) is 5.02 Å². The molecular weight excluding hydrogens is 336 g/mol. The maximum atomic E-state index is 12.2. The molecule has 0 aliphatic carbocycles. The number of carbonyl (C=O) groups is 1. The Morgan fingerprint density at radius 1 is 1.33 bits per heavy atom. The highest BCUT2D eigenvalue weighted by Crippen LogP contribution is 2.39. The molecule has 0 saturated carbocycles. The monoisotopic (exact) mass is 346 g/mol. The number of rotatable bonds is 3. The Morgan fingerprint density at radius 3 is 2.75 bits per heavy atom. The number of ether oxygens (including phenoxy) is 1. The molecule has 1 heterocycles. The largest absolute Gasteiger partial charge is 0.504 e. The number of fused-ring (bicyclic) bond motifs is 1. The highest BCUT2D eigenvalue weighted by atomic mass is 35.5. The number of amides is 1. The van der Waals surface area contributed by atoms with Crippen LogP contribution < -0.4 is 10.1 Å². The number of carbonyl (C=O) groups excluding carboxylic acids is 1. The molecule has 7 nitrogen and oxygen atoms in total. The van der Waals surface area contributed by atoms with E-state index in [2.05, 4.69) is 5.32 Å². The Kier molecular flexibility index (Phi) is 3.86. The van der Waals surface area contributed by atoms with Gasteiger partial charge in [-0.3, -0.25) is 14.9 Å². The van der Waals surface area contributed by atoms with Gasteiger partial charge in [-0.05, 0) is 24.3 Å². The van der Waals surface area contributed by atoms with Gasteiger partial charge in [-0.1, -0.05) is 17.7 Å². The lowest BCUT2D eigenvalue weighted by molar-refractivity contribution is -0.385. The normalized spacial score (nSPS) is 14.4. The second kappa shape index (κ2) is 5.86. The van der Waals surface area contributed by atoms with Crippen LogP contribution in [0.5, 0.6) is 11.5 Å². The number of nitro groups is 1. The number of benzene rings is 2. The molecule has 122 valence electrons. The van der Waals surface area contributed by atoms with Gasteiger partial charge < -0.3 is 15.2 Å². The van der Waals surface area contributed by atoms with Crippen LogP contribution >= 0.6 is 11.6 Å². The smallest absolute Gasteiger partial charge is 0.280 e. The van der Waals surface area contributed by atoms with Crippen molar-refractivity contribution < 1.29 is 19.6 Å². The summed E-state index contributed by atoms with van der Waals surface area (Å²) in [5.74, 6) is -0.676. The number of aromatic hydroxyl groups is 1. The van der Waals surface area contributed by atoms with Gasteiger partial charge in [-0.2, -0.15) is 0 Å². The van der Waals surface area contributed by atoms with Crippen LogP contribution in [0, 0.1) is 10.1 Å². The van der Waals surface area contributed by atoms with Crippen LogP contribution in [-0.2, 0) is 4.79 Å². The maximum absolute atomic E-state index is 12.2. The third-order valence-electron chi connectivity index (χ3n) is 3.59. The van der Waals surface area contributed by atoms with Gasteiger partial charge in [-0.15, -0.1) is 0 Å². The van der Waals surface area contributed by atoms with Gasteiger partial charge >= 0.3 is 0 Å². The molecule has 0 fully saturated rings. The fourth-order valence-electron chi connectivity index (χ4n) is 2.48. The van der Waals surface area contributed by atoms with Crippen molar-refractivity contribution in [2.24, 2.45) is 0 Å². The fraction of sp³-hybridized carbons (Fsp3) is 0.0625. The summed E-state index contributed by atoms with van der Waals surface area (Å²) in [6.07, 6.45) is 1.38. The summed E-state index contributed by atoms with van der Waals surface area (Å²) in [5.41, 5.74) is 1.19. The second-order valence-electron chi connectivity index (χ2n) is 5.04. The molecule has 1 aliphatic heterocycles. The topological polar surface area (TPSA) is 102 Å². The first-order valence-corrected chi connectivity index (χ1v) is 7.17. The summed E-state index contributed by atoms with van der Waals surface area (Å²) in [6, 6.07) is 7.18. The van der Waals surface area contributed by atoms with Crippen molar-refractivity contribution in [3.63, 3.8) is 0 Å². The van der Waals surface area contributed by atoms with Crippen molar-refractivity contribution in [3.8, 4) is 11.5 Å². The minimum absolute atomic E-state index is 0.0715. The summed E-state index contributed by atoms with van der Waals surface area (Å²) < 4.78 is 4.98. The zero-order valence-electron chi connectivity index (χ0n) is 12.4. The molecule has 2 N–H and O–H groups in total. The van der Waals surface area contributed by atoms with Crippen LogP contribution in [0.25, 0.3) is 11.6 Å². The lowest BCUT2D eigenvalue weighted by atomic mass is 10.0. The van der Waals surface area contributed by atoms with E-state index in [-0.39, 0.29) is 28.3 Å². The van der Waals surface area contributed by atoms with E-state index in [1.54, 1.807) is 18.2 Å². The number of nitrogens with zero attached hydrogens (tertiary/aromatic N) is 1. The number of hydrogen-bond acceptors (Lipinski definition) is 5. The summed E-state index contributed by atoms with van der Waals surface area (Å²) in [7, 11) is 1.33. The minimum Gasteiger partial charge on any atom is -0.504 e. The Balaban J connectivity index is 2.19. The molecule has 0 radical (unpaired) electrons. The lowest BCUT2D eigenvalue weighted by Crippen LogP contribution is -2.04. The molecule has 0 bridgehead atoms. The number of hydrogen-bond donors (Lipinski definition) is 2. The summed E-state index contributed by atoms with van der Waals surface area (Å²) in [6.45, 7) is 0. The zero-order chi connectivity index (χ0) is 17.4. The van der Waals surface area contributed by atoms with Gasteiger partial charge in [-0.25, -0.2) is 0 Å². The number of nitro benzene ring substituents is 1. The molecule has 3 rings (SSSR count). The van der Waals surface area contributed by atoms with Crippen LogP contribution in [0.1, 0.15) is 11.1 Å². The number of methoxy groups -OCH3 is 1.